The number of aliphatic hydroxyl groups is 2. The van der Waals surface area contributed by atoms with Gasteiger partial charge in [-0.05, 0) is 99.5 Å². The van der Waals surface area contributed by atoms with Crippen LogP contribution in [-0.4, -0.2) is 160 Å². The number of pyridine rings is 2. The first-order chi connectivity index (χ1) is 39.1. The molecule has 8 aromatic rings. The Balaban J connectivity index is 0.000000198. The molecule has 4 atom stereocenters. The number of methoxy groups -OCH3 is 2. The molecule has 432 valence electrons. The topological polar surface area (TPSA) is 192 Å². The third kappa shape index (κ3) is 11.9. The van der Waals surface area contributed by atoms with Gasteiger partial charge in [0, 0.05) is 86.0 Å². The van der Waals surface area contributed by atoms with Crippen molar-refractivity contribution in [1.82, 2.24) is 58.8 Å². The predicted octanol–water partition coefficient (Wildman–Crippen LogP) is 9.32. The number of nitrogens with zero attached hydrogens (tertiary/aromatic N) is 12. The van der Waals surface area contributed by atoms with Crippen LogP contribution in [0.25, 0.3) is 33.8 Å². The van der Waals surface area contributed by atoms with E-state index in [1.807, 2.05) is 23.6 Å². The maximum atomic E-state index is 14.3. The van der Waals surface area contributed by atoms with Crippen LogP contribution in [0.1, 0.15) is 80.3 Å². The van der Waals surface area contributed by atoms with Crippen LogP contribution in [0.5, 0.6) is 11.5 Å². The highest BCUT2D eigenvalue weighted by Crippen LogP contribution is 2.39. The van der Waals surface area contributed by atoms with Gasteiger partial charge in [-0.1, -0.05) is 35.3 Å². The number of rotatable bonds is 12. The number of halogens is 8. The molecule has 10 rings (SSSR count). The van der Waals surface area contributed by atoms with Crippen LogP contribution in [-0.2, 0) is 12.4 Å². The highest BCUT2D eigenvalue weighted by Gasteiger charge is 2.42. The molecular weight excluding hydrogens is 1120 g/mol. The number of benzene rings is 2. The summed E-state index contributed by atoms with van der Waals surface area (Å²) in [5, 5.41) is 28.8. The maximum Gasteiger partial charge on any atom is 0.433 e. The van der Waals surface area contributed by atoms with Crippen molar-refractivity contribution >= 4 is 46.3 Å². The van der Waals surface area contributed by atoms with E-state index in [1.165, 1.54) is 28.1 Å². The smallest absolute Gasteiger partial charge is 0.433 e. The van der Waals surface area contributed by atoms with E-state index < -0.39 is 35.6 Å². The van der Waals surface area contributed by atoms with Gasteiger partial charge in [-0.2, -0.15) is 36.5 Å². The molecule has 82 heavy (non-hydrogen) atoms. The van der Waals surface area contributed by atoms with Gasteiger partial charge in [0.25, 0.3) is 11.8 Å². The minimum atomic E-state index is -4.74. The number of carbonyl (C=O) groups excluding carboxylic acids is 2. The molecule has 2 N–H and O–H groups in total. The number of amides is 2. The molecule has 26 heteroatoms. The van der Waals surface area contributed by atoms with E-state index in [0.717, 1.165) is 23.5 Å². The van der Waals surface area contributed by atoms with Gasteiger partial charge in [0.05, 0.1) is 63.3 Å². The number of ether oxygens (including phenoxy) is 2. The Bertz CT molecular complexity index is 3350. The highest BCUT2D eigenvalue weighted by molar-refractivity contribution is 6.29. The Morgan fingerprint density at radius 3 is 1.24 bits per heavy atom. The van der Waals surface area contributed by atoms with Crippen molar-refractivity contribution in [3.05, 3.63) is 153 Å². The van der Waals surface area contributed by atoms with Crippen molar-refractivity contribution in [2.45, 2.75) is 64.2 Å². The second-order valence-electron chi connectivity index (χ2n) is 19.8. The van der Waals surface area contributed by atoms with Crippen molar-refractivity contribution in [2.24, 2.45) is 0 Å². The Hall–Kier alpha value is -7.48. The summed E-state index contributed by atoms with van der Waals surface area (Å²) in [7, 11) is 2.99. The molecule has 2 fully saturated rings. The Morgan fingerprint density at radius 1 is 0.585 bits per heavy atom. The lowest BCUT2D eigenvalue weighted by atomic mass is 10.0. The molecule has 0 saturated carbocycles. The average Bonchev–Trinajstić information content (AvgIpc) is 3.72. The zero-order valence-electron chi connectivity index (χ0n) is 45.1. The molecule has 2 aromatic carbocycles. The Morgan fingerprint density at radius 2 is 0.951 bits per heavy atom. The van der Waals surface area contributed by atoms with E-state index >= 15 is 0 Å². The van der Waals surface area contributed by atoms with Crippen molar-refractivity contribution in [1.29, 1.82) is 0 Å². The van der Waals surface area contributed by atoms with Crippen LogP contribution in [0.15, 0.2) is 97.6 Å². The summed E-state index contributed by atoms with van der Waals surface area (Å²) in [5.41, 5.74) is 0.0876. The normalized spacial score (nSPS) is 17.2. The van der Waals surface area contributed by atoms with Crippen molar-refractivity contribution in [3.63, 3.8) is 0 Å². The van der Waals surface area contributed by atoms with Gasteiger partial charge in [-0.3, -0.25) is 19.4 Å². The molecule has 0 bridgehead atoms. The van der Waals surface area contributed by atoms with Gasteiger partial charge in [-0.15, -0.1) is 0 Å². The van der Waals surface area contributed by atoms with Gasteiger partial charge in [0.2, 0.25) is 0 Å². The van der Waals surface area contributed by atoms with Crippen LogP contribution in [0.3, 0.4) is 0 Å². The fourth-order valence-corrected chi connectivity index (χ4v) is 10.9. The summed E-state index contributed by atoms with van der Waals surface area (Å²) < 4.78 is 97.5. The van der Waals surface area contributed by atoms with Crippen molar-refractivity contribution < 1.29 is 55.6 Å². The number of fused-ring (bicyclic) bond motifs is 2. The first kappa shape index (κ1) is 59.2. The maximum absolute atomic E-state index is 14.3. The minimum Gasteiger partial charge on any atom is -0.497 e. The molecule has 8 heterocycles. The summed E-state index contributed by atoms with van der Waals surface area (Å²) >= 11 is 11.8. The summed E-state index contributed by atoms with van der Waals surface area (Å²) in [6.07, 6.45) is -3.98. The first-order valence-electron chi connectivity index (χ1n) is 25.8. The predicted molar refractivity (Wildman–Crippen MR) is 292 cm³/mol. The molecule has 0 unspecified atom stereocenters. The summed E-state index contributed by atoms with van der Waals surface area (Å²) in [6, 6.07) is 18.6. The van der Waals surface area contributed by atoms with Crippen LogP contribution >= 0.6 is 23.2 Å². The fourth-order valence-electron chi connectivity index (χ4n) is 10.7. The summed E-state index contributed by atoms with van der Waals surface area (Å²) in [5.74, 6) is 0.164. The lowest BCUT2D eigenvalue weighted by molar-refractivity contribution is -0.144. The van der Waals surface area contributed by atoms with E-state index in [2.05, 4.69) is 30.1 Å². The number of alkyl halides is 6. The third-order valence-electron chi connectivity index (χ3n) is 14.8. The van der Waals surface area contributed by atoms with Crippen LogP contribution in [0, 0.1) is 13.8 Å². The van der Waals surface area contributed by atoms with Crippen LogP contribution < -0.4 is 9.47 Å². The first-order valence-corrected chi connectivity index (χ1v) is 26.6. The molecule has 0 radical (unpaired) electrons. The number of aromatic nitrogens is 8. The fraction of sp³-hybridized carbons (Fsp3) is 0.357. The molecule has 0 aliphatic carbocycles. The van der Waals surface area contributed by atoms with E-state index in [4.69, 9.17) is 32.7 Å². The van der Waals surface area contributed by atoms with Crippen molar-refractivity contribution in [3.8, 4) is 34.0 Å². The molecule has 2 amide bonds. The van der Waals surface area contributed by atoms with E-state index in [0.29, 0.717) is 68.1 Å². The molecule has 6 aromatic heterocycles. The quantitative estimate of drug-likeness (QED) is 0.0869. The Kier molecular flexibility index (Phi) is 17.4. The summed E-state index contributed by atoms with van der Waals surface area (Å²) in [4.78, 5) is 52.1. The number of aliphatic hydroxyl groups excluding tert-OH is 2. The van der Waals surface area contributed by atoms with E-state index in [-0.39, 0.29) is 95.4 Å². The monoisotopic (exact) mass is 1180 g/mol. The SMILES string of the molecule is COc1ccc(-c2nc3c(C(=O)N4CCN([C@@H](CO)c5ccc(Cl)nc5)C[C@H]4C)cnn3c(C(F)(F)F)c2C)cc1.COc1ccc(-c2nc3c(C(=O)N4CCN([C@H](CO)c5ccc(Cl)nc5)C[C@H]4C)cnn3c(C(F)(F)F)c2C)cc1. The molecule has 2 aliphatic heterocycles. The largest absolute Gasteiger partial charge is 0.497 e. The van der Waals surface area contributed by atoms with Gasteiger partial charge in [0.15, 0.2) is 22.7 Å². The Labute approximate surface area is 476 Å². The van der Waals surface area contributed by atoms with Crippen LogP contribution in [0.4, 0.5) is 26.3 Å². The summed E-state index contributed by atoms with van der Waals surface area (Å²) in [6.45, 7) is 8.37. The number of hydrogen-bond donors (Lipinski definition) is 2. The van der Waals surface area contributed by atoms with Gasteiger partial charge in [-0.25, -0.2) is 29.0 Å². The second kappa shape index (κ2) is 24.2. The molecule has 2 saturated heterocycles. The zero-order chi connectivity index (χ0) is 58.9. The standard InChI is InChI=1S/2C28H28ClF3N6O3/c2*1-16-14-36(22(15-39)19-6-9-23(29)33-12-19)10-11-37(16)27(40)21-13-34-38-25(28(30,31)32)17(2)24(35-26(21)38)18-4-7-20(41-3)8-5-18/h2*4-9,12-13,16,22,39H,10-11,14-15H2,1-3H3/t16-,22+;16-,22-/m11/s1. The van der Waals surface area contributed by atoms with E-state index in [1.54, 1.807) is 95.0 Å². The number of piperazine rings is 2. The van der Waals surface area contributed by atoms with Gasteiger partial charge < -0.3 is 29.5 Å². The number of carbonyl (C=O) groups is 2. The molecule has 2 aliphatic rings. The lowest BCUT2D eigenvalue weighted by Gasteiger charge is -2.42. The number of hydrogen-bond acceptors (Lipinski definition) is 14. The molecule has 18 nitrogen and oxygen atoms in total. The average molecular weight is 1180 g/mol. The highest BCUT2D eigenvalue weighted by atomic mass is 35.5. The lowest BCUT2D eigenvalue weighted by Crippen LogP contribution is -2.55. The minimum absolute atomic E-state index is 0.0221. The van der Waals surface area contributed by atoms with E-state index in [9.17, 15) is 46.1 Å². The molecule has 0 spiro atoms. The third-order valence-corrected chi connectivity index (χ3v) is 15.3. The zero-order valence-corrected chi connectivity index (χ0v) is 46.6. The second-order valence-corrected chi connectivity index (χ2v) is 20.6. The van der Waals surface area contributed by atoms with Crippen molar-refractivity contribution in [2.75, 3.05) is 66.7 Å². The van der Waals surface area contributed by atoms with Crippen LogP contribution in [0.2, 0.25) is 10.3 Å². The molecular formula is C56H56Cl2F6N12O6. The van der Waals surface area contributed by atoms with Gasteiger partial charge >= 0.3 is 12.4 Å². The van der Waals surface area contributed by atoms with Gasteiger partial charge in [0.1, 0.15) is 32.9 Å².